The fourth-order valence-corrected chi connectivity index (χ4v) is 1.03. The molecular weight excluding hydrogens is 145 g/mol. The number of aromatic nitrogens is 1. The van der Waals surface area contributed by atoms with Gasteiger partial charge in [0.15, 0.2) is 5.58 Å². The van der Waals surface area contributed by atoms with Crippen molar-refractivity contribution in [2.45, 2.75) is 6.92 Å². The van der Waals surface area contributed by atoms with Crippen LogP contribution < -0.4 is 0 Å². The molecule has 0 radical (unpaired) electrons. The van der Waals surface area contributed by atoms with Crippen molar-refractivity contribution in [1.82, 2.24) is 5.16 Å². The van der Waals surface area contributed by atoms with Gasteiger partial charge in [-0.3, -0.25) is 0 Å². The lowest BCUT2D eigenvalue weighted by molar-refractivity contribution is 0.450. The molecule has 0 amide bonds. The van der Waals surface area contributed by atoms with E-state index in [0.717, 1.165) is 11.1 Å². The van der Waals surface area contributed by atoms with Crippen molar-refractivity contribution in [3.63, 3.8) is 0 Å². The molecule has 1 heterocycles. The largest absolute Gasteiger partial charge is 0.356 e. The van der Waals surface area contributed by atoms with Crippen molar-refractivity contribution >= 4 is 11.0 Å². The van der Waals surface area contributed by atoms with E-state index in [0.29, 0.717) is 5.58 Å². The Labute approximate surface area is 62.6 Å². The Hall–Kier alpha value is -1.38. The highest BCUT2D eigenvalue weighted by Gasteiger charge is 2.03. The van der Waals surface area contributed by atoms with Gasteiger partial charge in [0.05, 0.1) is 5.69 Å². The highest BCUT2D eigenvalue weighted by molar-refractivity contribution is 5.78. The third-order valence-corrected chi connectivity index (χ3v) is 1.61. The summed E-state index contributed by atoms with van der Waals surface area (Å²) in [7, 11) is 0. The molecule has 0 aliphatic rings. The van der Waals surface area contributed by atoms with Gasteiger partial charge in [0.25, 0.3) is 0 Å². The molecular formula is C8H6FNO. The number of hydrogen-bond acceptors (Lipinski definition) is 2. The number of fused-ring (bicyclic) bond motifs is 1. The summed E-state index contributed by atoms with van der Waals surface area (Å²) in [5, 5.41) is 4.44. The first-order chi connectivity index (χ1) is 5.27. The van der Waals surface area contributed by atoms with E-state index in [9.17, 15) is 4.39 Å². The molecule has 0 spiro atoms. The molecule has 1 aromatic heterocycles. The molecule has 0 aliphatic carbocycles. The highest BCUT2D eigenvalue weighted by Crippen LogP contribution is 2.17. The van der Waals surface area contributed by atoms with Crippen LogP contribution in [0.2, 0.25) is 0 Å². The summed E-state index contributed by atoms with van der Waals surface area (Å²) < 4.78 is 17.5. The summed E-state index contributed by atoms with van der Waals surface area (Å²) in [6, 6.07) is 4.35. The number of rotatable bonds is 0. The molecule has 0 bridgehead atoms. The maximum Gasteiger partial charge on any atom is 0.167 e. The second-order valence-electron chi connectivity index (χ2n) is 2.41. The lowest BCUT2D eigenvalue weighted by Gasteiger charge is -1.86. The fraction of sp³-hybridized carbons (Fsp3) is 0.125. The van der Waals surface area contributed by atoms with Crippen LogP contribution in [0.3, 0.4) is 0 Å². The Bertz CT molecular complexity index is 394. The van der Waals surface area contributed by atoms with E-state index in [4.69, 9.17) is 4.52 Å². The van der Waals surface area contributed by atoms with Gasteiger partial charge in [0, 0.05) is 5.39 Å². The van der Waals surface area contributed by atoms with Crippen LogP contribution in [0.1, 0.15) is 5.69 Å². The normalized spacial score (nSPS) is 10.7. The van der Waals surface area contributed by atoms with Crippen LogP contribution in [0.25, 0.3) is 11.0 Å². The number of nitrogens with zero attached hydrogens (tertiary/aromatic N) is 1. The molecule has 0 unspecified atom stereocenters. The number of aryl methyl sites for hydroxylation is 1. The van der Waals surface area contributed by atoms with Gasteiger partial charge in [-0.1, -0.05) is 5.16 Å². The third kappa shape index (κ3) is 0.888. The minimum atomic E-state index is -0.260. The van der Waals surface area contributed by atoms with E-state index in [-0.39, 0.29) is 5.82 Å². The summed E-state index contributed by atoms with van der Waals surface area (Å²) in [6.07, 6.45) is 0. The van der Waals surface area contributed by atoms with E-state index >= 15 is 0 Å². The molecule has 2 nitrogen and oxygen atoms in total. The second kappa shape index (κ2) is 2.05. The molecule has 0 N–H and O–H groups in total. The van der Waals surface area contributed by atoms with E-state index < -0.39 is 0 Å². The van der Waals surface area contributed by atoms with Gasteiger partial charge >= 0.3 is 0 Å². The van der Waals surface area contributed by atoms with Crippen molar-refractivity contribution < 1.29 is 8.91 Å². The van der Waals surface area contributed by atoms with Gasteiger partial charge in [-0.05, 0) is 25.1 Å². The molecule has 11 heavy (non-hydrogen) atoms. The summed E-state index contributed by atoms with van der Waals surface area (Å²) >= 11 is 0. The predicted molar refractivity (Wildman–Crippen MR) is 38.7 cm³/mol. The molecule has 0 saturated heterocycles. The predicted octanol–water partition coefficient (Wildman–Crippen LogP) is 2.28. The first kappa shape index (κ1) is 6.34. The summed E-state index contributed by atoms with van der Waals surface area (Å²) in [6.45, 7) is 1.78. The number of halogens is 1. The Kier molecular flexibility index (Phi) is 1.18. The van der Waals surface area contributed by atoms with Crippen LogP contribution in [0.4, 0.5) is 4.39 Å². The maximum absolute atomic E-state index is 12.6. The van der Waals surface area contributed by atoms with Gasteiger partial charge in [0.1, 0.15) is 5.82 Å². The molecule has 2 aromatic rings. The smallest absolute Gasteiger partial charge is 0.167 e. The second-order valence-corrected chi connectivity index (χ2v) is 2.41. The molecule has 0 fully saturated rings. The van der Waals surface area contributed by atoms with Crippen molar-refractivity contribution in [2.75, 3.05) is 0 Å². The minimum absolute atomic E-state index is 0.260. The van der Waals surface area contributed by atoms with Crippen LogP contribution in [-0.4, -0.2) is 5.16 Å². The summed E-state index contributed by atoms with van der Waals surface area (Å²) in [4.78, 5) is 0. The van der Waals surface area contributed by atoms with Gasteiger partial charge in [-0.15, -0.1) is 0 Å². The molecule has 3 heteroatoms. The average Bonchev–Trinajstić information content (AvgIpc) is 2.33. The summed E-state index contributed by atoms with van der Waals surface area (Å²) in [5.41, 5.74) is 1.35. The monoisotopic (exact) mass is 151 g/mol. The number of benzene rings is 1. The SMILES string of the molecule is Cc1noc2ccc(F)cc12. The first-order valence-corrected chi connectivity index (χ1v) is 3.29. The van der Waals surface area contributed by atoms with Crippen LogP contribution in [0.5, 0.6) is 0 Å². The Morgan fingerprint density at radius 3 is 3.09 bits per heavy atom. The molecule has 0 aliphatic heterocycles. The van der Waals surface area contributed by atoms with Crippen molar-refractivity contribution in [1.29, 1.82) is 0 Å². The zero-order chi connectivity index (χ0) is 7.84. The lowest BCUT2D eigenvalue weighted by atomic mass is 10.2. The van der Waals surface area contributed by atoms with E-state index in [2.05, 4.69) is 5.16 Å². The van der Waals surface area contributed by atoms with Gasteiger partial charge in [-0.2, -0.15) is 0 Å². The van der Waals surface area contributed by atoms with Crippen LogP contribution in [-0.2, 0) is 0 Å². The Balaban J connectivity index is 2.87. The van der Waals surface area contributed by atoms with Gasteiger partial charge < -0.3 is 4.52 Å². The standard InChI is InChI=1S/C8H6FNO/c1-5-7-4-6(9)2-3-8(7)11-10-5/h2-4H,1H3. The quantitative estimate of drug-likeness (QED) is 0.577. The van der Waals surface area contributed by atoms with E-state index in [1.807, 2.05) is 0 Å². The maximum atomic E-state index is 12.6. The van der Waals surface area contributed by atoms with Crippen molar-refractivity contribution in [2.24, 2.45) is 0 Å². The molecule has 0 saturated carbocycles. The topological polar surface area (TPSA) is 26.0 Å². The third-order valence-electron chi connectivity index (χ3n) is 1.61. The summed E-state index contributed by atoms with van der Waals surface area (Å²) in [5.74, 6) is -0.260. The Morgan fingerprint density at radius 2 is 2.27 bits per heavy atom. The molecule has 1 aromatic carbocycles. The van der Waals surface area contributed by atoms with Crippen molar-refractivity contribution in [3.05, 3.63) is 29.7 Å². The fourth-order valence-electron chi connectivity index (χ4n) is 1.03. The van der Waals surface area contributed by atoms with Gasteiger partial charge in [-0.25, -0.2) is 4.39 Å². The van der Waals surface area contributed by atoms with Crippen LogP contribution in [0, 0.1) is 12.7 Å². The molecule has 2 rings (SSSR count). The Morgan fingerprint density at radius 1 is 1.45 bits per heavy atom. The van der Waals surface area contributed by atoms with Crippen molar-refractivity contribution in [3.8, 4) is 0 Å². The number of hydrogen-bond donors (Lipinski definition) is 0. The highest BCUT2D eigenvalue weighted by atomic mass is 19.1. The van der Waals surface area contributed by atoms with Gasteiger partial charge in [0.2, 0.25) is 0 Å². The van der Waals surface area contributed by atoms with Crippen LogP contribution in [0.15, 0.2) is 22.7 Å². The van der Waals surface area contributed by atoms with E-state index in [1.165, 1.54) is 12.1 Å². The first-order valence-electron chi connectivity index (χ1n) is 3.29. The molecule has 0 atom stereocenters. The zero-order valence-corrected chi connectivity index (χ0v) is 5.97. The zero-order valence-electron chi connectivity index (χ0n) is 5.97. The minimum Gasteiger partial charge on any atom is -0.356 e. The van der Waals surface area contributed by atoms with Crippen LogP contribution >= 0.6 is 0 Å². The molecule has 56 valence electrons. The van der Waals surface area contributed by atoms with E-state index in [1.54, 1.807) is 13.0 Å². The lowest BCUT2D eigenvalue weighted by Crippen LogP contribution is -1.73. The average molecular weight is 151 g/mol.